The summed E-state index contributed by atoms with van der Waals surface area (Å²) in [6, 6.07) is 0. The van der Waals surface area contributed by atoms with Crippen LogP contribution in [0.1, 0.15) is 19.8 Å². The van der Waals surface area contributed by atoms with E-state index in [1.54, 1.807) is 7.11 Å². The molecule has 0 radical (unpaired) electrons. The number of nitrogens with two attached hydrogens (primary N) is 1. The van der Waals surface area contributed by atoms with Crippen LogP contribution in [0.25, 0.3) is 0 Å². The maximum absolute atomic E-state index is 5.80. The number of likely N-dealkylation sites (N-methyl/N-ethyl adjacent to an activating group) is 1. The van der Waals surface area contributed by atoms with E-state index in [0.29, 0.717) is 11.6 Å². The Morgan fingerprint density at radius 1 is 1.56 bits per heavy atom. The summed E-state index contributed by atoms with van der Waals surface area (Å²) in [6.07, 6.45) is 3.96. The van der Waals surface area contributed by atoms with Crippen LogP contribution < -0.4 is 15.4 Å². The third-order valence-corrected chi connectivity index (χ3v) is 3.15. The molecule has 1 aromatic rings. The van der Waals surface area contributed by atoms with Crippen LogP contribution in [0.3, 0.4) is 0 Å². The minimum atomic E-state index is 0.269. The van der Waals surface area contributed by atoms with Crippen molar-refractivity contribution in [3.8, 4) is 5.75 Å². The van der Waals surface area contributed by atoms with Crippen LogP contribution in [-0.4, -0.2) is 42.9 Å². The van der Waals surface area contributed by atoms with Gasteiger partial charge >= 0.3 is 0 Å². The van der Waals surface area contributed by atoms with Crippen molar-refractivity contribution in [3.05, 3.63) is 6.33 Å². The van der Waals surface area contributed by atoms with E-state index in [1.807, 2.05) is 0 Å². The third-order valence-electron chi connectivity index (χ3n) is 3.15. The molecule has 1 aliphatic heterocycles. The summed E-state index contributed by atoms with van der Waals surface area (Å²) in [4.78, 5) is 10.3. The molecule has 100 valence electrons. The SMILES string of the molecule is CCN(CC1CCCO1)c1ncnc(N)c1OC. The minimum Gasteiger partial charge on any atom is -0.490 e. The molecule has 2 N–H and O–H groups in total. The van der Waals surface area contributed by atoms with Crippen molar-refractivity contribution in [3.63, 3.8) is 0 Å². The van der Waals surface area contributed by atoms with Gasteiger partial charge in [-0.25, -0.2) is 9.97 Å². The maximum Gasteiger partial charge on any atom is 0.204 e. The summed E-state index contributed by atoms with van der Waals surface area (Å²) in [6.45, 7) is 4.56. The topological polar surface area (TPSA) is 73.5 Å². The molecule has 0 bridgehead atoms. The zero-order valence-corrected chi connectivity index (χ0v) is 10.9. The van der Waals surface area contributed by atoms with Crippen molar-refractivity contribution in [1.82, 2.24) is 9.97 Å². The van der Waals surface area contributed by atoms with Gasteiger partial charge in [0.1, 0.15) is 6.33 Å². The lowest BCUT2D eigenvalue weighted by Crippen LogP contribution is -2.33. The molecule has 1 aromatic heterocycles. The first-order valence-electron chi connectivity index (χ1n) is 6.27. The van der Waals surface area contributed by atoms with Gasteiger partial charge in [-0.3, -0.25) is 0 Å². The second-order valence-corrected chi connectivity index (χ2v) is 4.29. The van der Waals surface area contributed by atoms with E-state index >= 15 is 0 Å². The summed E-state index contributed by atoms with van der Waals surface area (Å²) >= 11 is 0. The van der Waals surface area contributed by atoms with E-state index in [-0.39, 0.29) is 6.10 Å². The Morgan fingerprint density at radius 2 is 2.39 bits per heavy atom. The van der Waals surface area contributed by atoms with Crippen LogP contribution in [0, 0.1) is 0 Å². The fourth-order valence-corrected chi connectivity index (χ4v) is 2.20. The van der Waals surface area contributed by atoms with Gasteiger partial charge in [-0.2, -0.15) is 0 Å². The molecule has 0 aromatic carbocycles. The Morgan fingerprint density at radius 3 is 3.00 bits per heavy atom. The van der Waals surface area contributed by atoms with Crippen LogP contribution in [0.4, 0.5) is 11.6 Å². The molecule has 2 rings (SSSR count). The Kier molecular flexibility index (Phi) is 4.19. The molecule has 0 spiro atoms. The van der Waals surface area contributed by atoms with Gasteiger partial charge in [-0.05, 0) is 19.8 Å². The number of nitrogen functional groups attached to an aromatic ring is 1. The van der Waals surface area contributed by atoms with Crippen LogP contribution in [0.15, 0.2) is 6.33 Å². The predicted molar refractivity (Wildman–Crippen MR) is 69.9 cm³/mol. The third kappa shape index (κ3) is 2.64. The first-order valence-corrected chi connectivity index (χ1v) is 6.27. The Hall–Kier alpha value is -1.56. The van der Waals surface area contributed by atoms with E-state index in [9.17, 15) is 0 Å². The monoisotopic (exact) mass is 252 g/mol. The molecule has 1 saturated heterocycles. The highest BCUT2D eigenvalue weighted by atomic mass is 16.5. The standard InChI is InChI=1S/C12H20N4O2/c1-3-16(7-9-5-4-6-18-9)12-10(17-2)11(13)14-8-15-12/h8-9H,3-7H2,1-2H3,(H2,13,14,15). The van der Waals surface area contributed by atoms with Crippen molar-refractivity contribution < 1.29 is 9.47 Å². The van der Waals surface area contributed by atoms with Crippen molar-refractivity contribution >= 4 is 11.6 Å². The number of rotatable bonds is 5. The zero-order chi connectivity index (χ0) is 13.0. The summed E-state index contributed by atoms with van der Waals surface area (Å²) < 4.78 is 10.9. The Balaban J connectivity index is 2.18. The lowest BCUT2D eigenvalue weighted by atomic mass is 10.2. The lowest BCUT2D eigenvalue weighted by Gasteiger charge is -2.26. The van der Waals surface area contributed by atoms with Gasteiger partial charge < -0.3 is 20.1 Å². The van der Waals surface area contributed by atoms with Crippen molar-refractivity contribution in [2.75, 3.05) is 37.4 Å². The minimum absolute atomic E-state index is 0.269. The number of anilines is 2. The maximum atomic E-state index is 5.80. The molecule has 1 atom stereocenters. The van der Waals surface area contributed by atoms with Crippen LogP contribution in [0.5, 0.6) is 5.75 Å². The quantitative estimate of drug-likeness (QED) is 0.845. The fraction of sp³-hybridized carbons (Fsp3) is 0.667. The van der Waals surface area contributed by atoms with Crippen molar-refractivity contribution in [1.29, 1.82) is 0 Å². The van der Waals surface area contributed by atoms with Crippen LogP contribution >= 0.6 is 0 Å². The van der Waals surface area contributed by atoms with Crippen LogP contribution in [0.2, 0.25) is 0 Å². The van der Waals surface area contributed by atoms with Gasteiger partial charge in [0, 0.05) is 19.7 Å². The fourth-order valence-electron chi connectivity index (χ4n) is 2.20. The summed E-state index contributed by atoms with van der Waals surface area (Å²) in [5.74, 6) is 1.65. The molecule has 0 aliphatic carbocycles. The number of hydrogen-bond acceptors (Lipinski definition) is 6. The zero-order valence-electron chi connectivity index (χ0n) is 10.9. The summed E-state index contributed by atoms with van der Waals surface area (Å²) in [5, 5.41) is 0. The van der Waals surface area contributed by atoms with E-state index < -0.39 is 0 Å². The number of aromatic nitrogens is 2. The van der Waals surface area contributed by atoms with Gasteiger partial charge in [0.2, 0.25) is 5.75 Å². The Bertz CT molecular complexity index is 394. The molecular formula is C12H20N4O2. The van der Waals surface area contributed by atoms with Gasteiger partial charge in [0.15, 0.2) is 11.6 Å². The summed E-state index contributed by atoms with van der Waals surface area (Å²) in [7, 11) is 1.58. The highest BCUT2D eigenvalue weighted by Gasteiger charge is 2.22. The van der Waals surface area contributed by atoms with E-state index in [4.69, 9.17) is 15.2 Å². The predicted octanol–water partition coefficient (Wildman–Crippen LogP) is 1.07. The largest absolute Gasteiger partial charge is 0.490 e. The molecule has 6 nitrogen and oxygen atoms in total. The van der Waals surface area contributed by atoms with Crippen molar-refractivity contribution in [2.45, 2.75) is 25.9 Å². The molecule has 1 fully saturated rings. The summed E-state index contributed by atoms with van der Waals surface area (Å²) in [5.41, 5.74) is 5.80. The van der Waals surface area contributed by atoms with E-state index in [2.05, 4.69) is 21.8 Å². The van der Waals surface area contributed by atoms with Gasteiger partial charge in [-0.15, -0.1) is 0 Å². The molecule has 0 amide bonds. The van der Waals surface area contributed by atoms with E-state index in [1.165, 1.54) is 6.33 Å². The van der Waals surface area contributed by atoms with Gasteiger partial charge in [-0.1, -0.05) is 0 Å². The first-order chi connectivity index (χ1) is 8.76. The Labute approximate surface area is 107 Å². The van der Waals surface area contributed by atoms with Crippen LogP contribution in [-0.2, 0) is 4.74 Å². The smallest absolute Gasteiger partial charge is 0.204 e. The number of methoxy groups -OCH3 is 1. The average Bonchev–Trinajstić information content (AvgIpc) is 2.88. The first kappa shape index (κ1) is 12.9. The number of ether oxygens (including phenoxy) is 2. The normalized spacial score (nSPS) is 18.9. The molecule has 1 aliphatic rings. The average molecular weight is 252 g/mol. The molecule has 1 unspecified atom stereocenters. The molecular weight excluding hydrogens is 232 g/mol. The van der Waals surface area contributed by atoms with Gasteiger partial charge in [0.25, 0.3) is 0 Å². The van der Waals surface area contributed by atoms with E-state index in [0.717, 1.165) is 38.4 Å². The number of hydrogen-bond donors (Lipinski definition) is 1. The highest BCUT2D eigenvalue weighted by molar-refractivity contribution is 5.62. The molecule has 0 saturated carbocycles. The highest BCUT2D eigenvalue weighted by Crippen LogP contribution is 2.30. The molecule has 18 heavy (non-hydrogen) atoms. The molecule has 6 heteroatoms. The second-order valence-electron chi connectivity index (χ2n) is 4.29. The number of nitrogens with zero attached hydrogens (tertiary/aromatic N) is 3. The molecule has 2 heterocycles. The van der Waals surface area contributed by atoms with Gasteiger partial charge in [0.05, 0.1) is 13.2 Å². The lowest BCUT2D eigenvalue weighted by molar-refractivity contribution is 0.115. The second kappa shape index (κ2) is 5.86. The van der Waals surface area contributed by atoms with Crippen molar-refractivity contribution in [2.24, 2.45) is 0 Å².